The number of nitrogens with one attached hydrogen (secondary N) is 1. The van der Waals surface area contributed by atoms with Gasteiger partial charge in [-0.25, -0.2) is 0 Å². The first kappa shape index (κ1) is 12.2. The Morgan fingerprint density at radius 2 is 2.11 bits per heavy atom. The molecule has 18 heavy (non-hydrogen) atoms. The predicted octanol–water partition coefficient (Wildman–Crippen LogP) is 0.720. The molecule has 1 amide bonds. The number of ether oxygens (including phenoxy) is 2. The van der Waals surface area contributed by atoms with Gasteiger partial charge in [0, 0.05) is 0 Å². The van der Waals surface area contributed by atoms with E-state index < -0.39 is 12.0 Å². The van der Waals surface area contributed by atoms with E-state index in [2.05, 4.69) is 5.32 Å². The number of carbonyl (C=O) groups is 2. The van der Waals surface area contributed by atoms with Gasteiger partial charge in [0.2, 0.25) is 6.41 Å². The van der Waals surface area contributed by atoms with E-state index >= 15 is 0 Å². The highest BCUT2D eigenvalue weighted by Gasteiger charge is 2.18. The van der Waals surface area contributed by atoms with Crippen molar-refractivity contribution in [2.45, 2.75) is 12.5 Å². The van der Waals surface area contributed by atoms with E-state index in [1.54, 1.807) is 18.2 Å². The third kappa shape index (κ3) is 2.71. The van der Waals surface area contributed by atoms with Crippen LogP contribution in [0.5, 0.6) is 11.5 Å². The lowest BCUT2D eigenvalue weighted by atomic mass is 10.0. The summed E-state index contributed by atoms with van der Waals surface area (Å²) in [6.07, 6.45) is 0.308. The minimum absolute atomic E-state index is 0.182. The van der Waals surface area contributed by atoms with E-state index in [-0.39, 0.29) is 6.42 Å². The number of amides is 1. The molecule has 0 saturated carbocycles. The highest BCUT2D eigenvalue weighted by molar-refractivity contribution is 5.68. The molecule has 2 rings (SSSR count). The first-order valence-corrected chi connectivity index (χ1v) is 5.51. The van der Waals surface area contributed by atoms with Crippen LogP contribution < -0.4 is 14.8 Å². The minimum Gasteiger partial charge on any atom is -0.486 e. The smallest absolute Gasteiger partial charge is 0.305 e. The number of hydrogen-bond donors (Lipinski definition) is 2. The van der Waals surface area contributed by atoms with Crippen LogP contribution in [-0.4, -0.2) is 30.7 Å². The summed E-state index contributed by atoms with van der Waals surface area (Å²) < 4.78 is 10.8. The van der Waals surface area contributed by atoms with E-state index in [1.165, 1.54) is 0 Å². The molecular weight excluding hydrogens is 238 g/mol. The fraction of sp³-hybridized carbons (Fsp3) is 0.333. The first-order valence-electron chi connectivity index (χ1n) is 5.51. The van der Waals surface area contributed by atoms with Gasteiger partial charge >= 0.3 is 5.97 Å². The van der Waals surface area contributed by atoms with Crippen molar-refractivity contribution in [3.05, 3.63) is 23.8 Å². The lowest BCUT2D eigenvalue weighted by molar-refractivity contribution is -0.137. The summed E-state index contributed by atoms with van der Waals surface area (Å²) in [5, 5.41) is 11.3. The van der Waals surface area contributed by atoms with Gasteiger partial charge < -0.3 is 19.9 Å². The molecule has 0 aromatic heterocycles. The monoisotopic (exact) mass is 251 g/mol. The minimum atomic E-state index is -0.982. The maximum absolute atomic E-state index is 10.7. The second-order valence-corrected chi connectivity index (χ2v) is 3.84. The molecule has 1 aromatic carbocycles. The molecule has 0 aliphatic carbocycles. The molecule has 0 unspecified atom stereocenters. The maximum atomic E-state index is 10.7. The van der Waals surface area contributed by atoms with Crippen molar-refractivity contribution >= 4 is 12.4 Å². The summed E-state index contributed by atoms with van der Waals surface area (Å²) in [5.41, 5.74) is 0.675. The van der Waals surface area contributed by atoms with Crippen LogP contribution in [0, 0.1) is 0 Å². The number of rotatable bonds is 5. The second kappa shape index (κ2) is 5.39. The van der Waals surface area contributed by atoms with Crippen molar-refractivity contribution in [2.24, 2.45) is 0 Å². The van der Waals surface area contributed by atoms with Crippen LogP contribution in [0.2, 0.25) is 0 Å². The van der Waals surface area contributed by atoms with E-state index in [4.69, 9.17) is 14.6 Å². The van der Waals surface area contributed by atoms with Crippen LogP contribution in [0.3, 0.4) is 0 Å². The van der Waals surface area contributed by atoms with Crippen molar-refractivity contribution in [2.75, 3.05) is 13.2 Å². The number of benzene rings is 1. The number of carboxylic acids is 1. The average molecular weight is 251 g/mol. The highest BCUT2D eigenvalue weighted by Crippen LogP contribution is 2.33. The van der Waals surface area contributed by atoms with Crippen molar-refractivity contribution in [1.29, 1.82) is 0 Å². The Kier molecular flexibility index (Phi) is 3.66. The van der Waals surface area contributed by atoms with Gasteiger partial charge in [-0.3, -0.25) is 9.59 Å². The van der Waals surface area contributed by atoms with Crippen LogP contribution in [0.1, 0.15) is 18.0 Å². The predicted molar refractivity (Wildman–Crippen MR) is 61.6 cm³/mol. The normalized spacial score (nSPS) is 14.7. The summed E-state index contributed by atoms with van der Waals surface area (Å²) >= 11 is 0. The van der Waals surface area contributed by atoms with Gasteiger partial charge in [0.25, 0.3) is 0 Å². The Balaban J connectivity index is 2.24. The topological polar surface area (TPSA) is 84.9 Å². The first-order chi connectivity index (χ1) is 8.70. The molecule has 6 heteroatoms. The van der Waals surface area contributed by atoms with Crippen LogP contribution in [-0.2, 0) is 9.59 Å². The lowest BCUT2D eigenvalue weighted by Gasteiger charge is -2.21. The van der Waals surface area contributed by atoms with Crippen LogP contribution in [0.4, 0.5) is 0 Å². The SMILES string of the molecule is O=CN[C@@H](CC(=O)O)c1ccc2c(c1)OCCO2. The second-order valence-electron chi connectivity index (χ2n) is 3.84. The van der Waals surface area contributed by atoms with Gasteiger partial charge in [-0.1, -0.05) is 6.07 Å². The highest BCUT2D eigenvalue weighted by atomic mass is 16.6. The molecular formula is C12H13NO5. The van der Waals surface area contributed by atoms with E-state index in [0.29, 0.717) is 36.7 Å². The van der Waals surface area contributed by atoms with E-state index in [1.807, 2.05) is 0 Å². The number of aliphatic carboxylic acids is 1. The quantitative estimate of drug-likeness (QED) is 0.753. The standard InChI is InChI=1S/C12H13NO5/c14-7-13-9(6-12(15)16)8-1-2-10-11(5-8)18-4-3-17-10/h1-2,5,7,9H,3-4,6H2,(H,13,14)(H,15,16)/t9-/m0/s1. The third-order valence-electron chi connectivity index (χ3n) is 2.62. The fourth-order valence-corrected chi connectivity index (χ4v) is 1.81. The summed E-state index contributed by atoms with van der Waals surface area (Å²) in [7, 11) is 0. The van der Waals surface area contributed by atoms with Crippen molar-refractivity contribution < 1.29 is 24.2 Å². The lowest BCUT2D eigenvalue weighted by Crippen LogP contribution is -2.23. The van der Waals surface area contributed by atoms with Gasteiger partial charge in [0.1, 0.15) is 13.2 Å². The van der Waals surface area contributed by atoms with Crippen molar-refractivity contribution in [3.63, 3.8) is 0 Å². The molecule has 1 aromatic rings. The molecule has 2 N–H and O–H groups in total. The summed E-state index contributed by atoms with van der Waals surface area (Å²) in [6, 6.07) is 4.55. The number of fused-ring (bicyclic) bond motifs is 1. The summed E-state index contributed by atoms with van der Waals surface area (Å²) in [6.45, 7) is 0.957. The zero-order valence-corrected chi connectivity index (χ0v) is 9.59. The number of carboxylic acid groups (broad SMARTS) is 1. The van der Waals surface area contributed by atoms with E-state index in [9.17, 15) is 9.59 Å². The molecule has 0 saturated heterocycles. The number of carbonyl (C=O) groups excluding carboxylic acids is 1. The Morgan fingerprint density at radius 1 is 1.39 bits per heavy atom. The van der Waals surface area contributed by atoms with Crippen LogP contribution >= 0.6 is 0 Å². The molecule has 6 nitrogen and oxygen atoms in total. The Hall–Kier alpha value is -2.24. The van der Waals surface area contributed by atoms with Crippen molar-refractivity contribution in [1.82, 2.24) is 5.32 Å². The number of hydrogen-bond acceptors (Lipinski definition) is 4. The molecule has 0 spiro atoms. The zero-order valence-electron chi connectivity index (χ0n) is 9.59. The molecule has 1 aliphatic heterocycles. The Morgan fingerprint density at radius 3 is 2.78 bits per heavy atom. The third-order valence-corrected chi connectivity index (χ3v) is 2.62. The van der Waals surface area contributed by atoms with Gasteiger partial charge in [-0.05, 0) is 17.7 Å². The Bertz CT molecular complexity index is 460. The molecule has 0 fully saturated rings. The molecule has 1 atom stereocenters. The molecule has 1 aliphatic rings. The van der Waals surface area contributed by atoms with Crippen molar-refractivity contribution in [3.8, 4) is 11.5 Å². The summed E-state index contributed by atoms with van der Waals surface area (Å²) in [4.78, 5) is 21.2. The van der Waals surface area contributed by atoms with Gasteiger partial charge in [0.15, 0.2) is 11.5 Å². The summed E-state index contributed by atoms with van der Waals surface area (Å²) in [5.74, 6) is 0.219. The van der Waals surface area contributed by atoms with Crippen LogP contribution in [0.25, 0.3) is 0 Å². The maximum Gasteiger partial charge on any atom is 0.305 e. The Labute approximate surface area is 104 Å². The molecule has 0 bridgehead atoms. The van der Waals surface area contributed by atoms with Gasteiger partial charge in [0.05, 0.1) is 12.5 Å². The fourth-order valence-electron chi connectivity index (χ4n) is 1.81. The van der Waals surface area contributed by atoms with Gasteiger partial charge in [-0.15, -0.1) is 0 Å². The largest absolute Gasteiger partial charge is 0.486 e. The molecule has 96 valence electrons. The van der Waals surface area contributed by atoms with Crippen LogP contribution in [0.15, 0.2) is 18.2 Å². The van der Waals surface area contributed by atoms with E-state index in [0.717, 1.165) is 0 Å². The zero-order chi connectivity index (χ0) is 13.0. The molecule has 0 radical (unpaired) electrons. The average Bonchev–Trinajstić information content (AvgIpc) is 2.37. The van der Waals surface area contributed by atoms with Gasteiger partial charge in [-0.2, -0.15) is 0 Å². The molecule has 1 heterocycles.